The normalized spacial score (nSPS) is 12.6. The van der Waals surface area contributed by atoms with Gasteiger partial charge in [0, 0.05) is 5.33 Å². The van der Waals surface area contributed by atoms with Crippen LogP contribution in [0.2, 0.25) is 0 Å². The number of rotatable bonds is 4. The molecule has 2 heteroatoms. The highest BCUT2D eigenvalue weighted by Gasteiger charge is 2.05. The van der Waals surface area contributed by atoms with Crippen LogP contribution in [0.5, 0.6) is 5.75 Å². The van der Waals surface area contributed by atoms with Gasteiger partial charge in [-0.3, -0.25) is 0 Å². The molecule has 0 bridgehead atoms. The Hall–Kier alpha value is -0.500. The third-order valence-corrected chi connectivity index (χ3v) is 2.65. The molecule has 0 radical (unpaired) electrons. The topological polar surface area (TPSA) is 9.23 Å². The Kier molecular flexibility index (Phi) is 4.46. The molecule has 0 heterocycles. The standard InChI is InChI=1S/C12H17BrO/c1-9-4-5-10(2)12(8-9)14-11(3)6-7-13/h4-5,8,11H,6-7H2,1-3H3. The molecule has 78 valence electrons. The molecule has 0 spiro atoms. The molecule has 0 aromatic heterocycles. The molecule has 1 aromatic rings. The lowest BCUT2D eigenvalue weighted by Gasteiger charge is -2.15. The summed E-state index contributed by atoms with van der Waals surface area (Å²) in [6.45, 7) is 6.26. The average molecular weight is 257 g/mol. The second-order valence-corrected chi connectivity index (χ2v) is 4.47. The van der Waals surface area contributed by atoms with Gasteiger partial charge < -0.3 is 4.74 Å². The van der Waals surface area contributed by atoms with E-state index in [4.69, 9.17) is 4.74 Å². The van der Waals surface area contributed by atoms with Gasteiger partial charge in [-0.1, -0.05) is 28.1 Å². The van der Waals surface area contributed by atoms with Crippen LogP contribution in [-0.2, 0) is 0 Å². The van der Waals surface area contributed by atoms with Crippen LogP contribution < -0.4 is 4.74 Å². The Morgan fingerprint density at radius 2 is 2.07 bits per heavy atom. The van der Waals surface area contributed by atoms with Crippen molar-refractivity contribution in [2.75, 3.05) is 5.33 Å². The second-order valence-electron chi connectivity index (χ2n) is 3.68. The van der Waals surface area contributed by atoms with Crippen molar-refractivity contribution in [2.24, 2.45) is 0 Å². The van der Waals surface area contributed by atoms with Gasteiger partial charge in [-0.05, 0) is 44.4 Å². The SMILES string of the molecule is Cc1ccc(C)c(OC(C)CCBr)c1. The van der Waals surface area contributed by atoms with Crippen molar-refractivity contribution < 1.29 is 4.74 Å². The summed E-state index contributed by atoms with van der Waals surface area (Å²) < 4.78 is 5.84. The molecular weight excluding hydrogens is 240 g/mol. The predicted octanol–water partition coefficient (Wildman–Crippen LogP) is 3.86. The third kappa shape index (κ3) is 3.33. The van der Waals surface area contributed by atoms with E-state index in [1.54, 1.807) is 0 Å². The zero-order chi connectivity index (χ0) is 10.6. The van der Waals surface area contributed by atoms with E-state index in [1.807, 2.05) is 0 Å². The van der Waals surface area contributed by atoms with E-state index < -0.39 is 0 Å². The summed E-state index contributed by atoms with van der Waals surface area (Å²) in [6.07, 6.45) is 1.31. The first-order valence-electron chi connectivity index (χ1n) is 4.93. The molecule has 0 aliphatic carbocycles. The summed E-state index contributed by atoms with van der Waals surface area (Å²) in [7, 11) is 0. The minimum absolute atomic E-state index is 0.273. The van der Waals surface area contributed by atoms with Gasteiger partial charge in [-0.15, -0.1) is 0 Å². The van der Waals surface area contributed by atoms with E-state index >= 15 is 0 Å². The van der Waals surface area contributed by atoms with Crippen LogP contribution >= 0.6 is 15.9 Å². The van der Waals surface area contributed by atoms with E-state index in [9.17, 15) is 0 Å². The van der Waals surface area contributed by atoms with Crippen LogP contribution in [0, 0.1) is 13.8 Å². The molecule has 1 unspecified atom stereocenters. The Morgan fingerprint density at radius 3 is 2.71 bits per heavy atom. The fourth-order valence-corrected chi connectivity index (χ4v) is 1.91. The van der Waals surface area contributed by atoms with Gasteiger partial charge in [-0.25, -0.2) is 0 Å². The van der Waals surface area contributed by atoms with Gasteiger partial charge in [0.15, 0.2) is 0 Å². The first kappa shape index (κ1) is 11.6. The Labute approximate surface area is 94.6 Å². The lowest BCUT2D eigenvalue weighted by Crippen LogP contribution is -2.12. The minimum atomic E-state index is 0.273. The maximum Gasteiger partial charge on any atom is 0.122 e. The van der Waals surface area contributed by atoms with Gasteiger partial charge in [0.25, 0.3) is 0 Å². The number of ether oxygens (including phenoxy) is 1. The van der Waals surface area contributed by atoms with Crippen molar-refractivity contribution in [2.45, 2.75) is 33.3 Å². The van der Waals surface area contributed by atoms with Crippen LogP contribution in [0.25, 0.3) is 0 Å². The monoisotopic (exact) mass is 256 g/mol. The fraction of sp³-hybridized carbons (Fsp3) is 0.500. The van der Waals surface area contributed by atoms with Crippen molar-refractivity contribution >= 4 is 15.9 Å². The molecule has 0 aliphatic rings. The van der Waals surface area contributed by atoms with Crippen molar-refractivity contribution in [1.29, 1.82) is 0 Å². The lowest BCUT2D eigenvalue weighted by atomic mass is 10.1. The molecule has 1 nitrogen and oxygen atoms in total. The molecule has 0 N–H and O–H groups in total. The number of halogens is 1. The van der Waals surface area contributed by atoms with E-state index in [1.165, 1.54) is 11.1 Å². The third-order valence-electron chi connectivity index (χ3n) is 2.19. The molecule has 0 amide bonds. The Balaban J connectivity index is 2.70. The van der Waals surface area contributed by atoms with Gasteiger partial charge in [-0.2, -0.15) is 0 Å². The fourth-order valence-electron chi connectivity index (χ4n) is 1.26. The molecule has 14 heavy (non-hydrogen) atoms. The van der Waals surface area contributed by atoms with Crippen molar-refractivity contribution in [3.8, 4) is 5.75 Å². The molecule has 1 atom stereocenters. The summed E-state index contributed by atoms with van der Waals surface area (Å²) in [4.78, 5) is 0. The van der Waals surface area contributed by atoms with Crippen molar-refractivity contribution in [1.82, 2.24) is 0 Å². The highest BCUT2D eigenvalue weighted by molar-refractivity contribution is 9.09. The Morgan fingerprint density at radius 1 is 1.36 bits per heavy atom. The smallest absolute Gasteiger partial charge is 0.122 e. The van der Waals surface area contributed by atoms with Gasteiger partial charge in [0.1, 0.15) is 5.75 Å². The molecule has 1 aromatic carbocycles. The van der Waals surface area contributed by atoms with Gasteiger partial charge >= 0.3 is 0 Å². The van der Waals surface area contributed by atoms with Gasteiger partial charge in [0.2, 0.25) is 0 Å². The maximum atomic E-state index is 5.84. The first-order valence-corrected chi connectivity index (χ1v) is 6.05. The minimum Gasteiger partial charge on any atom is -0.490 e. The molecule has 1 rings (SSSR count). The summed E-state index contributed by atoms with van der Waals surface area (Å²) in [5, 5.41) is 0.985. The van der Waals surface area contributed by atoms with E-state index in [2.05, 4.69) is 54.9 Å². The lowest BCUT2D eigenvalue weighted by molar-refractivity contribution is 0.217. The zero-order valence-corrected chi connectivity index (χ0v) is 10.6. The molecule has 0 saturated heterocycles. The number of alkyl halides is 1. The number of aryl methyl sites for hydroxylation is 2. The highest BCUT2D eigenvalue weighted by Crippen LogP contribution is 2.21. The largest absolute Gasteiger partial charge is 0.490 e. The average Bonchev–Trinajstić information content (AvgIpc) is 2.12. The van der Waals surface area contributed by atoms with E-state index in [-0.39, 0.29) is 6.10 Å². The van der Waals surface area contributed by atoms with Crippen molar-refractivity contribution in [3.05, 3.63) is 29.3 Å². The summed E-state index contributed by atoms with van der Waals surface area (Å²) in [5.74, 6) is 1.01. The number of hydrogen-bond acceptors (Lipinski definition) is 1. The quantitative estimate of drug-likeness (QED) is 0.744. The van der Waals surface area contributed by atoms with Crippen LogP contribution in [0.3, 0.4) is 0 Å². The predicted molar refractivity (Wildman–Crippen MR) is 64.4 cm³/mol. The van der Waals surface area contributed by atoms with Crippen LogP contribution in [0.1, 0.15) is 24.5 Å². The highest BCUT2D eigenvalue weighted by atomic mass is 79.9. The molecule has 0 aliphatic heterocycles. The molecule has 0 fully saturated rings. The number of hydrogen-bond donors (Lipinski definition) is 0. The zero-order valence-electron chi connectivity index (χ0n) is 9.01. The van der Waals surface area contributed by atoms with Crippen LogP contribution in [0.4, 0.5) is 0 Å². The summed E-state index contributed by atoms with van der Waals surface area (Å²) in [6, 6.07) is 6.31. The van der Waals surface area contributed by atoms with Crippen molar-refractivity contribution in [3.63, 3.8) is 0 Å². The summed E-state index contributed by atoms with van der Waals surface area (Å²) >= 11 is 3.42. The van der Waals surface area contributed by atoms with Crippen LogP contribution in [-0.4, -0.2) is 11.4 Å². The molecule has 0 saturated carbocycles. The van der Waals surface area contributed by atoms with Gasteiger partial charge in [0.05, 0.1) is 6.10 Å². The molecular formula is C12H17BrO. The maximum absolute atomic E-state index is 5.84. The van der Waals surface area contributed by atoms with E-state index in [0.717, 1.165) is 17.5 Å². The van der Waals surface area contributed by atoms with E-state index in [0.29, 0.717) is 0 Å². The first-order chi connectivity index (χ1) is 6.63. The van der Waals surface area contributed by atoms with Crippen LogP contribution in [0.15, 0.2) is 18.2 Å². The number of benzene rings is 1. The second kappa shape index (κ2) is 5.40. The summed E-state index contributed by atoms with van der Waals surface area (Å²) in [5.41, 5.74) is 2.45. The Bertz CT molecular complexity index is 296.